The zero-order valence-electron chi connectivity index (χ0n) is 6.59. The normalized spacial score (nSPS) is 8.77. The van der Waals surface area contributed by atoms with Gasteiger partial charge >= 0.3 is 0 Å². The van der Waals surface area contributed by atoms with E-state index in [4.69, 9.17) is 0 Å². The number of carbonyl (C=O) groups excluding carboxylic acids is 1. The van der Waals surface area contributed by atoms with Crippen molar-refractivity contribution in [1.29, 1.82) is 0 Å². The quantitative estimate of drug-likeness (QED) is 0.849. The molecule has 1 amide bonds. The lowest BCUT2D eigenvalue weighted by Gasteiger charge is -2.01. The minimum absolute atomic E-state index is 0. The lowest BCUT2D eigenvalue weighted by Crippen LogP contribution is -2.09. The third kappa shape index (κ3) is 4.64. The van der Waals surface area contributed by atoms with Crippen molar-refractivity contribution >= 4 is 50.7 Å². The molecule has 0 radical (unpaired) electrons. The van der Waals surface area contributed by atoms with Gasteiger partial charge in [-0.25, -0.2) is 0 Å². The summed E-state index contributed by atoms with van der Waals surface area (Å²) in [5, 5.41) is 2.60. The Morgan fingerprint density at radius 2 is 1.77 bits per heavy atom. The van der Waals surface area contributed by atoms with Crippen LogP contribution in [0.4, 0.5) is 0 Å². The predicted octanol–water partition coefficient (Wildman–Crippen LogP) is 2.88. The Labute approximate surface area is 99.8 Å². The molecule has 0 aliphatic carbocycles. The molecule has 1 aromatic rings. The maximum Gasteiger partial charge on any atom is 0.207 e. The summed E-state index contributed by atoms with van der Waals surface area (Å²) in [7, 11) is 0. The van der Waals surface area contributed by atoms with Crippen LogP contribution in [-0.2, 0) is 11.3 Å². The summed E-state index contributed by atoms with van der Waals surface area (Å²) in [4.78, 5) is 10.0. The molecule has 0 saturated carbocycles. The number of nitrogens with one attached hydrogen (secondary N) is 1. The highest BCUT2D eigenvalue weighted by atomic mass is 79.9. The fourth-order valence-electron chi connectivity index (χ4n) is 0.873. The van der Waals surface area contributed by atoms with Crippen molar-refractivity contribution < 1.29 is 4.79 Å². The van der Waals surface area contributed by atoms with Crippen LogP contribution in [-0.4, -0.2) is 6.41 Å². The van der Waals surface area contributed by atoms with E-state index in [1.165, 1.54) is 0 Å². The van der Waals surface area contributed by atoms with Crippen LogP contribution >= 0.6 is 44.3 Å². The van der Waals surface area contributed by atoms with Crippen molar-refractivity contribution in [1.82, 2.24) is 5.32 Å². The predicted molar refractivity (Wildman–Crippen MR) is 62.0 cm³/mol. The van der Waals surface area contributed by atoms with Crippen LogP contribution in [0.1, 0.15) is 5.56 Å². The van der Waals surface area contributed by atoms with Gasteiger partial charge in [-0.2, -0.15) is 0 Å². The molecule has 1 rings (SSSR count). The number of carbonyl (C=O) groups is 1. The Balaban J connectivity index is 0.00000144. The van der Waals surface area contributed by atoms with Gasteiger partial charge in [0, 0.05) is 15.5 Å². The fourth-order valence-corrected chi connectivity index (χ4v) is 2.26. The van der Waals surface area contributed by atoms with Gasteiger partial charge in [-0.3, -0.25) is 4.79 Å². The van der Waals surface area contributed by atoms with Crippen LogP contribution in [0, 0.1) is 0 Å². The first kappa shape index (κ1) is 12.9. The number of rotatable bonds is 3. The Kier molecular flexibility index (Phi) is 6.37. The minimum Gasteiger partial charge on any atom is -0.355 e. The zero-order valence-corrected chi connectivity index (χ0v) is 10.6. The summed E-state index contributed by atoms with van der Waals surface area (Å²) in [6, 6.07) is 5.87. The molecule has 5 heteroatoms. The van der Waals surface area contributed by atoms with Gasteiger partial charge in [-0.05, 0) is 23.8 Å². The summed E-state index contributed by atoms with van der Waals surface area (Å²) in [6.07, 6.45) is 0.689. The highest BCUT2D eigenvalue weighted by molar-refractivity contribution is 9.11. The molecule has 0 bridgehead atoms. The molecule has 0 heterocycles. The summed E-state index contributed by atoms with van der Waals surface area (Å²) >= 11 is 6.72. The molecule has 0 aromatic heterocycles. The Morgan fingerprint density at radius 1 is 1.23 bits per heavy atom. The van der Waals surface area contributed by atoms with Gasteiger partial charge in [0.25, 0.3) is 0 Å². The average Bonchev–Trinajstić information content (AvgIpc) is 1.99. The molecular weight excluding hydrogens is 321 g/mol. The summed E-state index contributed by atoms with van der Waals surface area (Å²) in [6.45, 7) is 0.557. The van der Waals surface area contributed by atoms with Crippen molar-refractivity contribution in [2.45, 2.75) is 6.54 Å². The van der Waals surface area contributed by atoms with Crippen LogP contribution in [0.5, 0.6) is 0 Å². The molecule has 0 spiro atoms. The van der Waals surface area contributed by atoms with Gasteiger partial charge < -0.3 is 5.32 Å². The second-order valence-electron chi connectivity index (χ2n) is 2.28. The topological polar surface area (TPSA) is 29.1 Å². The van der Waals surface area contributed by atoms with E-state index in [0.29, 0.717) is 13.0 Å². The van der Waals surface area contributed by atoms with Crippen LogP contribution in [0.2, 0.25) is 0 Å². The molecule has 2 nitrogen and oxygen atoms in total. The van der Waals surface area contributed by atoms with E-state index in [1.54, 1.807) is 0 Å². The fraction of sp³-hybridized carbons (Fsp3) is 0.125. The van der Waals surface area contributed by atoms with E-state index in [2.05, 4.69) is 37.2 Å². The van der Waals surface area contributed by atoms with E-state index < -0.39 is 0 Å². The average molecular weight is 329 g/mol. The lowest BCUT2D eigenvalue weighted by atomic mass is 10.2. The summed E-state index contributed by atoms with van der Waals surface area (Å²) < 4.78 is 2.00. The van der Waals surface area contributed by atoms with Crippen LogP contribution in [0.25, 0.3) is 0 Å². The highest BCUT2D eigenvalue weighted by Crippen LogP contribution is 2.19. The number of halogens is 3. The van der Waals surface area contributed by atoms with E-state index >= 15 is 0 Å². The molecule has 1 aromatic carbocycles. The van der Waals surface area contributed by atoms with Crippen molar-refractivity contribution in [3.8, 4) is 0 Å². The van der Waals surface area contributed by atoms with Gasteiger partial charge in [0.15, 0.2) is 0 Å². The first-order valence-electron chi connectivity index (χ1n) is 3.34. The van der Waals surface area contributed by atoms with E-state index in [1.807, 2.05) is 18.2 Å². The second kappa shape index (κ2) is 6.40. The second-order valence-corrected chi connectivity index (χ2v) is 4.11. The van der Waals surface area contributed by atoms with Crippen molar-refractivity contribution in [2.24, 2.45) is 0 Å². The van der Waals surface area contributed by atoms with Gasteiger partial charge in [0.05, 0.1) is 0 Å². The Hall–Kier alpha value is -0.0600. The molecule has 13 heavy (non-hydrogen) atoms. The third-order valence-corrected chi connectivity index (χ3v) is 2.23. The van der Waals surface area contributed by atoms with Gasteiger partial charge in [0.1, 0.15) is 0 Å². The first-order chi connectivity index (χ1) is 5.72. The SMILES string of the molecule is Cl.O=CNCc1cc(Br)cc(Br)c1. The number of amides is 1. The van der Waals surface area contributed by atoms with Gasteiger partial charge in [-0.1, -0.05) is 31.9 Å². The van der Waals surface area contributed by atoms with Crippen molar-refractivity contribution in [3.05, 3.63) is 32.7 Å². The maximum atomic E-state index is 10.0. The standard InChI is InChI=1S/C8H7Br2NO.ClH/c9-7-1-6(4-11-5-12)2-8(10)3-7;/h1-3,5H,4H2,(H,11,12);1H. The molecule has 0 aliphatic rings. The van der Waals surface area contributed by atoms with Crippen LogP contribution in [0.15, 0.2) is 27.1 Å². The van der Waals surface area contributed by atoms with Gasteiger partial charge in [0.2, 0.25) is 6.41 Å². The lowest BCUT2D eigenvalue weighted by molar-refractivity contribution is -0.109. The molecule has 72 valence electrons. The van der Waals surface area contributed by atoms with Crippen molar-refractivity contribution in [3.63, 3.8) is 0 Å². The molecular formula is C8H8Br2ClNO. The van der Waals surface area contributed by atoms with Gasteiger partial charge in [-0.15, -0.1) is 12.4 Å². The smallest absolute Gasteiger partial charge is 0.207 e. The molecule has 0 aliphatic heterocycles. The molecule has 0 unspecified atom stereocenters. The molecule has 1 N–H and O–H groups in total. The van der Waals surface area contributed by atoms with E-state index in [0.717, 1.165) is 14.5 Å². The highest BCUT2D eigenvalue weighted by Gasteiger charge is 1.95. The minimum atomic E-state index is 0. The van der Waals surface area contributed by atoms with Crippen LogP contribution in [0.3, 0.4) is 0 Å². The Bertz CT molecular complexity index is 273. The molecule has 0 atom stereocenters. The third-order valence-electron chi connectivity index (χ3n) is 1.31. The van der Waals surface area contributed by atoms with E-state index in [9.17, 15) is 4.79 Å². The Morgan fingerprint density at radius 3 is 2.23 bits per heavy atom. The zero-order chi connectivity index (χ0) is 8.97. The first-order valence-corrected chi connectivity index (χ1v) is 4.93. The monoisotopic (exact) mass is 327 g/mol. The van der Waals surface area contributed by atoms with E-state index in [-0.39, 0.29) is 12.4 Å². The van der Waals surface area contributed by atoms with Crippen LogP contribution < -0.4 is 5.32 Å². The number of benzene rings is 1. The summed E-state index contributed by atoms with van der Waals surface area (Å²) in [5.74, 6) is 0. The number of hydrogen-bond acceptors (Lipinski definition) is 1. The molecule has 0 fully saturated rings. The maximum absolute atomic E-state index is 10.0. The van der Waals surface area contributed by atoms with Crippen molar-refractivity contribution in [2.75, 3.05) is 0 Å². The number of hydrogen-bond donors (Lipinski definition) is 1. The summed E-state index contributed by atoms with van der Waals surface area (Å²) in [5.41, 5.74) is 1.06. The molecule has 0 saturated heterocycles. The largest absolute Gasteiger partial charge is 0.355 e.